The van der Waals surface area contributed by atoms with Crippen LogP contribution >= 0.6 is 27.7 Å². The summed E-state index contributed by atoms with van der Waals surface area (Å²) in [6, 6.07) is 23.4. The Bertz CT molecular complexity index is 1240. The highest BCUT2D eigenvalue weighted by Gasteiger charge is 2.17. The second-order valence-corrected chi connectivity index (χ2v) is 9.14. The molecule has 6 nitrogen and oxygen atoms in total. The number of nitrogens with zero attached hydrogens (tertiary/aromatic N) is 3. The number of rotatable bonds is 8. The Labute approximate surface area is 205 Å². The van der Waals surface area contributed by atoms with Crippen molar-refractivity contribution in [1.82, 2.24) is 14.8 Å². The zero-order chi connectivity index (χ0) is 23.2. The number of thioether (sulfide) groups is 1. The number of aryl methyl sites for hydroxylation is 1. The molecule has 0 saturated carbocycles. The van der Waals surface area contributed by atoms with E-state index < -0.39 is 0 Å². The van der Waals surface area contributed by atoms with Gasteiger partial charge in [-0.05, 0) is 68.4 Å². The number of carbonyl (C=O) groups excluding carboxylic acids is 1. The number of nitrogens with one attached hydrogen (secondary N) is 1. The predicted octanol–water partition coefficient (Wildman–Crippen LogP) is 6.13. The molecule has 8 heteroatoms. The molecule has 3 aromatic carbocycles. The standard InChI is InChI=1S/C25H23BrN4O2S/c1-3-32-22-13-9-20(10-14-22)27-23(31)16-33-25-29-28-24(18-6-4-5-17(2)15-18)30(25)21-11-7-19(26)8-12-21/h4-15H,3,16H2,1-2H3,(H,27,31). The van der Waals surface area contributed by atoms with Gasteiger partial charge in [-0.1, -0.05) is 51.5 Å². The molecular formula is C25H23BrN4O2S. The number of benzene rings is 3. The van der Waals surface area contributed by atoms with Gasteiger partial charge in [-0.2, -0.15) is 0 Å². The minimum Gasteiger partial charge on any atom is -0.494 e. The van der Waals surface area contributed by atoms with Crippen LogP contribution in [0.5, 0.6) is 5.75 Å². The molecule has 0 aliphatic rings. The van der Waals surface area contributed by atoms with Gasteiger partial charge in [0, 0.05) is 21.4 Å². The number of hydrogen-bond acceptors (Lipinski definition) is 5. The van der Waals surface area contributed by atoms with E-state index in [0.29, 0.717) is 11.8 Å². The number of anilines is 1. The highest BCUT2D eigenvalue weighted by atomic mass is 79.9. The zero-order valence-electron chi connectivity index (χ0n) is 18.3. The van der Waals surface area contributed by atoms with Crippen molar-refractivity contribution in [3.63, 3.8) is 0 Å². The van der Waals surface area contributed by atoms with E-state index in [1.807, 2.05) is 85.1 Å². The van der Waals surface area contributed by atoms with Crippen molar-refractivity contribution in [2.24, 2.45) is 0 Å². The van der Waals surface area contributed by atoms with Crippen molar-refractivity contribution in [1.29, 1.82) is 0 Å². The molecule has 0 unspecified atom stereocenters. The molecule has 0 bridgehead atoms. The zero-order valence-corrected chi connectivity index (χ0v) is 20.7. The third-order valence-electron chi connectivity index (χ3n) is 4.78. The fraction of sp³-hybridized carbons (Fsp3) is 0.160. The van der Waals surface area contributed by atoms with Crippen LogP contribution in [0.2, 0.25) is 0 Å². The van der Waals surface area contributed by atoms with E-state index in [1.165, 1.54) is 11.8 Å². The molecule has 0 radical (unpaired) electrons. The first-order valence-corrected chi connectivity index (χ1v) is 12.3. The van der Waals surface area contributed by atoms with E-state index >= 15 is 0 Å². The summed E-state index contributed by atoms with van der Waals surface area (Å²) in [7, 11) is 0. The van der Waals surface area contributed by atoms with Gasteiger partial charge in [0.15, 0.2) is 11.0 Å². The van der Waals surface area contributed by atoms with Crippen molar-refractivity contribution in [2.45, 2.75) is 19.0 Å². The Morgan fingerprint density at radius 1 is 1.06 bits per heavy atom. The highest BCUT2D eigenvalue weighted by Crippen LogP contribution is 2.29. The molecule has 33 heavy (non-hydrogen) atoms. The first kappa shape index (κ1) is 23.1. The second-order valence-electron chi connectivity index (χ2n) is 7.28. The van der Waals surface area contributed by atoms with Crippen LogP contribution in [0.15, 0.2) is 82.4 Å². The molecule has 1 amide bonds. The maximum absolute atomic E-state index is 12.6. The van der Waals surface area contributed by atoms with Crippen molar-refractivity contribution in [2.75, 3.05) is 17.7 Å². The van der Waals surface area contributed by atoms with Crippen molar-refractivity contribution < 1.29 is 9.53 Å². The van der Waals surface area contributed by atoms with Crippen LogP contribution in [0.25, 0.3) is 17.1 Å². The van der Waals surface area contributed by atoms with Crippen LogP contribution in [0, 0.1) is 6.92 Å². The second kappa shape index (κ2) is 10.7. The van der Waals surface area contributed by atoms with E-state index in [9.17, 15) is 4.79 Å². The fourth-order valence-electron chi connectivity index (χ4n) is 3.29. The lowest BCUT2D eigenvalue weighted by Gasteiger charge is -2.11. The lowest BCUT2D eigenvalue weighted by Crippen LogP contribution is -2.14. The van der Waals surface area contributed by atoms with Crippen molar-refractivity contribution in [3.8, 4) is 22.8 Å². The Morgan fingerprint density at radius 3 is 2.52 bits per heavy atom. The maximum Gasteiger partial charge on any atom is 0.234 e. The molecule has 0 saturated heterocycles. The third kappa shape index (κ3) is 5.83. The summed E-state index contributed by atoms with van der Waals surface area (Å²) in [6.45, 7) is 4.58. The SMILES string of the molecule is CCOc1ccc(NC(=O)CSc2nnc(-c3cccc(C)c3)n2-c2ccc(Br)cc2)cc1. The first-order chi connectivity index (χ1) is 16.0. The number of aromatic nitrogens is 3. The number of carbonyl (C=O) groups is 1. The predicted molar refractivity (Wildman–Crippen MR) is 136 cm³/mol. The first-order valence-electron chi connectivity index (χ1n) is 10.5. The molecule has 0 atom stereocenters. The van der Waals surface area contributed by atoms with Crippen LogP contribution < -0.4 is 10.1 Å². The van der Waals surface area contributed by atoms with Crippen LogP contribution in [0.3, 0.4) is 0 Å². The van der Waals surface area contributed by atoms with Crippen molar-refractivity contribution in [3.05, 3.63) is 82.8 Å². The molecule has 4 aromatic rings. The minimum absolute atomic E-state index is 0.119. The van der Waals surface area contributed by atoms with Gasteiger partial charge in [-0.15, -0.1) is 10.2 Å². The fourth-order valence-corrected chi connectivity index (χ4v) is 4.30. The maximum atomic E-state index is 12.6. The van der Waals surface area contributed by atoms with E-state index in [1.54, 1.807) is 0 Å². The van der Waals surface area contributed by atoms with Gasteiger partial charge >= 0.3 is 0 Å². The summed E-state index contributed by atoms with van der Waals surface area (Å²) in [5.41, 5.74) is 3.76. The quantitative estimate of drug-likeness (QED) is 0.281. The van der Waals surface area contributed by atoms with Gasteiger partial charge in [0.05, 0.1) is 12.4 Å². The lowest BCUT2D eigenvalue weighted by atomic mass is 10.1. The monoisotopic (exact) mass is 522 g/mol. The number of hydrogen-bond donors (Lipinski definition) is 1. The summed E-state index contributed by atoms with van der Waals surface area (Å²) in [5.74, 6) is 1.59. The van der Waals surface area contributed by atoms with E-state index in [4.69, 9.17) is 4.74 Å². The molecule has 4 rings (SSSR count). The minimum atomic E-state index is -0.119. The van der Waals surface area contributed by atoms with Gasteiger partial charge in [-0.25, -0.2) is 0 Å². The van der Waals surface area contributed by atoms with Crippen LogP contribution in [-0.2, 0) is 4.79 Å². The molecule has 1 N–H and O–H groups in total. The number of amides is 1. The summed E-state index contributed by atoms with van der Waals surface area (Å²) >= 11 is 4.83. The van der Waals surface area contributed by atoms with Gasteiger partial charge in [-0.3, -0.25) is 9.36 Å². The Hall–Kier alpha value is -3.10. The van der Waals surface area contributed by atoms with E-state index in [-0.39, 0.29) is 11.7 Å². The topological polar surface area (TPSA) is 69.0 Å². The molecule has 0 spiro atoms. The molecule has 0 aliphatic heterocycles. The van der Waals surface area contributed by atoms with Crippen LogP contribution in [-0.4, -0.2) is 33.0 Å². The third-order valence-corrected chi connectivity index (χ3v) is 6.23. The molecule has 0 fully saturated rings. The molecular weight excluding hydrogens is 500 g/mol. The Morgan fingerprint density at radius 2 is 1.82 bits per heavy atom. The smallest absolute Gasteiger partial charge is 0.234 e. The summed E-state index contributed by atoms with van der Waals surface area (Å²) in [4.78, 5) is 12.6. The van der Waals surface area contributed by atoms with Gasteiger partial charge in [0.2, 0.25) is 5.91 Å². The van der Waals surface area contributed by atoms with Crippen molar-refractivity contribution >= 4 is 39.3 Å². The number of ether oxygens (including phenoxy) is 1. The summed E-state index contributed by atoms with van der Waals surface area (Å²) in [5, 5.41) is 12.4. The molecule has 168 valence electrons. The summed E-state index contributed by atoms with van der Waals surface area (Å²) in [6.07, 6.45) is 0. The highest BCUT2D eigenvalue weighted by molar-refractivity contribution is 9.10. The van der Waals surface area contributed by atoms with Gasteiger partial charge < -0.3 is 10.1 Å². The van der Waals surface area contributed by atoms with E-state index in [0.717, 1.165) is 38.5 Å². The average molecular weight is 523 g/mol. The largest absolute Gasteiger partial charge is 0.494 e. The van der Waals surface area contributed by atoms with Gasteiger partial charge in [0.1, 0.15) is 5.75 Å². The molecule has 0 aliphatic carbocycles. The van der Waals surface area contributed by atoms with E-state index in [2.05, 4.69) is 37.5 Å². The summed E-state index contributed by atoms with van der Waals surface area (Å²) < 4.78 is 8.41. The van der Waals surface area contributed by atoms with Crippen LogP contribution in [0.4, 0.5) is 5.69 Å². The molecule has 1 heterocycles. The van der Waals surface area contributed by atoms with Crippen LogP contribution in [0.1, 0.15) is 12.5 Å². The number of halogens is 1. The van der Waals surface area contributed by atoms with Gasteiger partial charge in [0.25, 0.3) is 0 Å². The lowest BCUT2D eigenvalue weighted by molar-refractivity contribution is -0.113. The Balaban J connectivity index is 1.54. The average Bonchev–Trinajstić information content (AvgIpc) is 3.24. The normalized spacial score (nSPS) is 10.8. The molecule has 1 aromatic heterocycles. The Kier molecular flexibility index (Phi) is 7.47.